The fourth-order valence-electron chi connectivity index (χ4n) is 3.26. The molecule has 1 saturated carbocycles. The summed E-state index contributed by atoms with van der Waals surface area (Å²) in [6, 6.07) is 3.74. The second-order valence-electron chi connectivity index (χ2n) is 6.78. The van der Waals surface area contributed by atoms with Gasteiger partial charge in [-0.3, -0.25) is 4.79 Å². The van der Waals surface area contributed by atoms with Crippen LogP contribution in [0.1, 0.15) is 40.7 Å². The quantitative estimate of drug-likeness (QED) is 0.908. The smallest absolute Gasteiger partial charge is 0.254 e. The van der Waals surface area contributed by atoms with Crippen molar-refractivity contribution in [2.24, 2.45) is 0 Å². The Hall–Kier alpha value is -1.40. The first-order chi connectivity index (χ1) is 10.8. The predicted octanol–water partition coefficient (Wildman–Crippen LogP) is 1.67. The third-order valence-electron chi connectivity index (χ3n) is 4.90. The summed E-state index contributed by atoms with van der Waals surface area (Å²) in [5.41, 5.74) is 2.25. The molecule has 23 heavy (non-hydrogen) atoms. The molecule has 6 heteroatoms. The fourth-order valence-corrected chi connectivity index (χ4v) is 3.98. The molecule has 1 aromatic carbocycles. The van der Waals surface area contributed by atoms with Crippen LogP contribution in [0, 0.1) is 13.8 Å². The number of carbonyl (C=O) groups is 1. The maximum Gasteiger partial charge on any atom is 0.254 e. The first-order valence-electron chi connectivity index (χ1n) is 8.13. The van der Waals surface area contributed by atoms with E-state index in [0.717, 1.165) is 43.5 Å². The summed E-state index contributed by atoms with van der Waals surface area (Å²) in [7, 11) is -3.33. The molecule has 1 heterocycles. The van der Waals surface area contributed by atoms with Gasteiger partial charge in [0.2, 0.25) is 0 Å². The van der Waals surface area contributed by atoms with E-state index in [2.05, 4.69) is 5.32 Å². The van der Waals surface area contributed by atoms with Crippen LogP contribution in [-0.2, 0) is 9.84 Å². The van der Waals surface area contributed by atoms with Crippen LogP contribution in [0.25, 0.3) is 0 Å². The zero-order valence-corrected chi connectivity index (χ0v) is 14.7. The van der Waals surface area contributed by atoms with Gasteiger partial charge in [-0.05, 0) is 62.9 Å². The number of nitrogens with zero attached hydrogens (tertiary/aromatic N) is 1. The third kappa shape index (κ3) is 3.28. The molecule has 1 atom stereocenters. The molecule has 0 bridgehead atoms. The van der Waals surface area contributed by atoms with Gasteiger partial charge < -0.3 is 10.2 Å². The summed E-state index contributed by atoms with van der Waals surface area (Å²) in [4.78, 5) is 15.4. The molecule has 1 saturated heterocycles. The maximum absolute atomic E-state index is 13.2. The largest absolute Gasteiger partial charge is 0.331 e. The Morgan fingerprint density at radius 3 is 2.39 bits per heavy atom. The van der Waals surface area contributed by atoms with Crippen molar-refractivity contribution < 1.29 is 13.2 Å². The van der Waals surface area contributed by atoms with E-state index >= 15 is 0 Å². The van der Waals surface area contributed by atoms with Gasteiger partial charge in [-0.15, -0.1) is 0 Å². The van der Waals surface area contributed by atoms with E-state index < -0.39 is 9.84 Å². The van der Waals surface area contributed by atoms with Crippen LogP contribution in [0.4, 0.5) is 0 Å². The van der Waals surface area contributed by atoms with E-state index in [-0.39, 0.29) is 16.8 Å². The molecule has 1 aliphatic carbocycles. The minimum Gasteiger partial charge on any atom is -0.331 e. The molecule has 2 fully saturated rings. The molecule has 1 N–H and O–H groups in total. The van der Waals surface area contributed by atoms with E-state index in [1.54, 1.807) is 12.1 Å². The minimum absolute atomic E-state index is 0.0210. The summed E-state index contributed by atoms with van der Waals surface area (Å²) in [6.45, 7) is 5.51. The van der Waals surface area contributed by atoms with Crippen molar-refractivity contribution in [1.82, 2.24) is 10.2 Å². The van der Waals surface area contributed by atoms with Crippen molar-refractivity contribution in [1.29, 1.82) is 0 Å². The van der Waals surface area contributed by atoms with Gasteiger partial charge in [0, 0.05) is 30.4 Å². The lowest BCUT2D eigenvalue weighted by molar-refractivity contribution is 0.0674. The second kappa shape index (κ2) is 5.91. The zero-order chi connectivity index (χ0) is 16.8. The molecule has 1 aliphatic heterocycles. The fraction of sp³-hybridized carbons (Fsp3) is 0.588. The van der Waals surface area contributed by atoms with Crippen molar-refractivity contribution >= 4 is 15.7 Å². The lowest BCUT2D eigenvalue weighted by Crippen LogP contribution is -2.43. The second-order valence-corrected chi connectivity index (χ2v) is 8.79. The molecular weight excluding hydrogens is 312 g/mol. The van der Waals surface area contributed by atoms with Crippen LogP contribution in [0.15, 0.2) is 17.0 Å². The molecule has 126 valence electrons. The number of rotatable bonds is 4. The molecule has 5 nitrogen and oxygen atoms in total. The molecule has 3 rings (SSSR count). The molecule has 2 aliphatic rings. The van der Waals surface area contributed by atoms with Crippen molar-refractivity contribution in [3.8, 4) is 0 Å². The van der Waals surface area contributed by atoms with Gasteiger partial charge >= 0.3 is 0 Å². The van der Waals surface area contributed by atoms with Crippen LogP contribution in [0.3, 0.4) is 0 Å². The molecule has 1 amide bonds. The van der Waals surface area contributed by atoms with Gasteiger partial charge in [-0.2, -0.15) is 0 Å². The normalized spacial score (nSPS) is 21.4. The van der Waals surface area contributed by atoms with E-state index in [4.69, 9.17) is 0 Å². The number of nitrogens with one attached hydrogen (secondary N) is 1. The SMILES string of the molecule is Cc1cc(S(C)(=O)=O)cc(C(=O)N(C2CC2)C2CCNC2)c1C. The Bertz CT molecular complexity index is 732. The number of sulfone groups is 1. The minimum atomic E-state index is -3.33. The third-order valence-corrected chi connectivity index (χ3v) is 5.99. The first-order valence-corrected chi connectivity index (χ1v) is 10.0. The highest BCUT2D eigenvalue weighted by Crippen LogP contribution is 2.33. The van der Waals surface area contributed by atoms with Crippen molar-refractivity contribution in [3.63, 3.8) is 0 Å². The van der Waals surface area contributed by atoms with Gasteiger partial charge in [0.25, 0.3) is 5.91 Å². The molecule has 1 unspecified atom stereocenters. The maximum atomic E-state index is 13.2. The van der Waals surface area contributed by atoms with Crippen molar-refractivity contribution in [2.45, 2.75) is 50.1 Å². The summed E-state index contributed by atoms with van der Waals surface area (Å²) < 4.78 is 23.8. The molecule has 1 aromatic rings. The summed E-state index contributed by atoms with van der Waals surface area (Å²) >= 11 is 0. The number of hydrogen-bond donors (Lipinski definition) is 1. The van der Waals surface area contributed by atoms with Gasteiger partial charge in [0.05, 0.1) is 4.90 Å². The summed E-state index contributed by atoms with van der Waals surface area (Å²) in [6.07, 6.45) is 4.25. The number of benzene rings is 1. The average molecular weight is 336 g/mol. The van der Waals surface area contributed by atoms with E-state index in [0.29, 0.717) is 11.6 Å². The number of carbonyl (C=O) groups excluding carboxylic acids is 1. The van der Waals surface area contributed by atoms with Crippen molar-refractivity contribution in [2.75, 3.05) is 19.3 Å². The van der Waals surface area contributed by atoms with Gasteiger partial charge in [0.1, 0.15) is 0 Å². The number of aryl methyl sites for hydroxylation is 1. The van der Waals surface area contributed by atoms with Gasteiger partial charge in [-0.25, -0.2) is 8.42 Å². The lowest BCUT2D eigenvalue weighted by Gasteiger charge is -2.29. The highest BCUT2D eigenvalue weighted by Gasteiger charge is 2.39. The van der Waals surface area contributed by atoms with Crippen LogP contribution in [0.5, 0.6) is 0 Å². The number of amides is 1. The summed E-state index contributed by atoms with van der Waals surface area (Å²) in [5.74, 6) is -0.0210. The van der Waals surface area contributed by atoms with Crippen LogP contribution in [0.2, 0.25) is 0 Å². The molecular formula is C17H24N2O3S. The standard InChI is InChI=1S/C17H24N2O3S/c1-11-8-15(23(3,21)22)9-16(12(11)2)17(20)19(13-4-5-13)14-6-7-18-10-14/h8-9,13-14,18H,4-7,10H2,1-3H3. The Kier molecular flexibility index (Phi) is 4.23. The van der Waals surface area contributed by atoms with E-state index in [1.807, 2.05) is 18.7 Å². The number of hydrogen-bond acceptors (Lipinski definition) is 4. The summed E-state index contributed by atoms with van der Waals surface area (Å²) in [5, 5.41) is 3.31. The Labute approximate surface area is 138 Å². The Morgan fingerprint density at radius 2 is 1.87 bits per heavy atom. The first kappa shape index (κ1) is 16.5. The van der Waals surface area contributed by atoms with Crippen LogP contribution in [-0.4, -0.2) is 50.7 Å². The molecule has 0 aromatic heterocycles. The lowest BCUT2D eigenvalue weighted by atomic mass is 10.0. The topological polar surface area (TPSA) is 66.5 Å². The van der Waals surface area contributed by atoms with E-state index in [1.165, 1.54) is 6.26 Å². The predicted molar refractivity (Wildman–Crippen MR) is 89.5 cm³/mol. The van der Waals surface area contributed by atoms with Gasteiger partial charge in [0.15, 0.2) is 9.84 Å². The van der Waals surface area contributed by atoms with E-state index in [9.17, 15) is 13.2 Å². The van der Waals surface area contributed by atoms with Crippen LogP contribution < -0.4 is 5.32 Å². The highest BCUT2D eigenvalue weighted by molar-refractivity contribution is 7.90. The molecule has 0 radical (unpaired) electrons. The molecule has 0 spiro atoms. The van der Waals surface area contributed by atoms with Crippen LogP contribution >= 0.6 is 0 Å². The Morgan fingerprint density at radius 1 is 1.17 bits per heavy atom. The monoisotopic (exact) mass is 336 g/mol. The average Bonchev–Trinajstić information content (AvgIpc) is 3.15. The highest BCUT2D eigenvalue weighted by atomic mass is 32.2. The van der Waals surface area contributed by atoms with Gasteiger partial charge in [-0.1, -0.05) is 0 Å². The Balaban J connectivity index is 2.02. The zero-order valence-electron chi connectivity index (χ0n) is 13.9. The van der Waals surface area contributed by atoms with Crippen molar-refractivity contribution in [3.05, 3.63) is 28.8 Å².